The molecule has 4 heteroatoms. The highest BCUT2D eigenvalue weighted by molar-refractivity contribution is 5.83. The summed E-state index contributed by atoms with van der Waals surface area (Å²) in [6, 6.07) is 5.89. The van der Waals surface area contributed by atoms with Gasteiger partial charge < -0.3 is 9.84 Å². The maximum absolute atomic E-state index is 12.2. The zero-order chi connectivity index (χ0) is 14.9. The van der Waals surface area contributed by atoms with E-state index in [-0.39, 0.29) is 0 Å². The Kier molecular flexibility index (Phi) is 3.89. The van der Waals surface area contributed by atoms with E-state index in [1.54, 1.807) is 7.11 Å². The molecule has 1 saturated heterocycles. The van der Waals surface area contributed by atoms with Crippen LogP contribution in [0.25, 0.3) is 0 Å². The van der Waals surface area contributed by atoms with E-state index in [1.165, 1.54) is 12.8 Å². The molecular formula is C17H23NO3. The summed E-state index contributed by atoms with van der Waals surface area (Å²) in [7, 11) is 1.63. The molecule has 0 radical (unpaired) electrons. The number of aliphatic carboxylic acids is 1. The summed E-state index contributed by atoms with van der Waals surface area (Å²) in [6.45, 7) is 1.76. The summed E-state index contributed by atoms with van der Waals surface area (Å²) in [5.74, 6) is 0.0347. The molecule has 1 heterocycles. The summed E-state index contributed by atoms with van der Waals surface area (Å²) in [5, 5.41) is 10.0. The number of ether oxygens (including phenoxy) is 1. The molecule has 2 aliphatic rings. The minimum Gasteiger partial charge on any atom is -0.497 e. The lowest BCUT2D eigenvalue weighted by molar-refractivity contribution is -0.152. The molecule has 0 aromatic heterocycles. The van der Waals surface area contributed by atoms with Gasteiger partial charge >= 0.3 is 5.97 Å². The Hall–Kier alpha value is -1.55. The van der Waals surface area contributed by atoms with Crippen LogP contribution in [0.4, 0.5) is 0 Å². The zero-order valence-electron chi connectivity index (χ0n) is 12.6. The molecule has 1 aromatic carbocycles. The molecule has 1 aliphatic heterocycles. The molecule has 0 bridgehead atoms. The fourth-order valence-electron chi connectivity index (χ4n) is 3.87. The van der Waals surface area contributed by atoms with Crippen LogP contribution in [0.5, 0.6) is 5.75 Å². The number of aryl methyl sites for hydroxylation is 1. The number of nitrogens with zero attached hydrogens (tertiary/aromatic N) is 1. The van der Waals surface area contributed by atoms with Crippen molar-refractivity contribution in [2.75, 3.05) is 20.2 Å². The normalized spacial score (nSPS) is 26.1. The van der Waals surface area contributed by atoms with Crippen LogP contribution in [-0.2, 0) is 16.8 Å². The van der Waals surface area contributed by atoms with Crippen LogP contribution in [0.3, 0.4) is 0 Å². The lowest BCUT2D eigenvalue weighted by Gasteiger charge is -2.38. The molecule has 21 heavy (non-hydrogen) atoms. The first kappa shape index (κ1) is 14.4. The monoisotopic (exact) mass is 289 g/mol. The third kappa shape index (κ3) is 2.31. The number of fused-ring (bicyclic) bond motifs is 1. The second-order valence-electron chi connectivity index (χ2n) is 6.09. The Bertz CT molecular complexity index is 535. The third-order valence-electron chi connectivity index (χ3n) is 5.02. The first-order chi connectivity index (χ1) is 10.2. The number of methoxy groups -OCH3 is 1. The smallest absolute Gasteiger partial charge is 0.328 e. The lowest BCUT2D eigenvalue weighted by atomic mass is 9.89. The molecule has 0 saturated carbocycles. The van der Waals surface area contributed by atoms with Gasteiger partial charge in [0.15, 0.2) is 0 Å². The topological polar surface area (TPSA) is 49.8 Å². The number of carboxylic acid groups (broad SMARTS) is 1. The maximum atomic E-state index is 12.2. The predicted molar refractivity (Wildman–Crippen MR) is 80.7 cm³/mol. The molecule has 1 unspecified atom stereocenters. The van der Waals surface area contributed by atoms with Crippen LogP contribution in [0.15, 0.2) is 18.2 Å². The van der Waals surface area contributed by atoms with Gasteiger partial charge in [-0.3, -0.25) is 4.90 Å². The highest BCUT2D eigenvalue weighted by Crippen LogP contribution is 2.44. The Labute approximate surface area is 125 Å². The van der Waals surface area contributed by atoms with Crippen LogP contribution >= 0.6 is 0 Å². The van der Waals surface area contributed by atoms with Crippen molar-refractivity contribution < 1.29 is 14.6 Å². The van der Waals surface area contributed by atoms with E-state index in [2.05, 4.69) is 4.90 Å². The van der Waals surface area contributed by atoms with E-state index >= 15 is 0 Å². The Morgan fingerprint density at radius 2 is 1.95 bits per heavy atom. The first-order valence-corrected chi connectivity index (χ1v) is 7.84. The van der Waals surface area contributed by atoms with Crippen molar-refractivity contribution in [3.05, 3.63) is 29.3 Å². The second-order valence-corrected chi connectivity index (χ2v) is 6.09. The van der Waals surface area contributed by atoms with E-state index < -0.39 is 11.5 Å². The number of benzene rings is 1. The summed E-state index contributed by atoms with van der Waals surface area (Å²) in [4.78, 5) is 14.4. The quantitative estimate of drug-likeness (QED) is 0.929. The van der Waals surface area contributed by atoms with Gasteiger partial charge in [0.1, 0.15) is 11.3 Å². The molecule has 1 fully saturated rings. The second kappa shape index (κ2) is 5.68. The average Bonchev–Trinajstić information content (AvgIpc) is 2.68. The molecule has 0 spiro atoms. The summed E-state index contributed by atoms with van der Waals surface area (Å²) >= 11 is 0. The van der Waals surface area contributed by atoms with Gasteiger partial charge in [-0.25, -0.2) is 4.79 Å². The lowest BCUT2D eigenvalue weighted by Crippen LogP contribution is -2.51. The minimum absolute atomic E-state index is 0.671. The van der Waals surface area contributed by atoms with Gasteiger partial charge in [-0.15, -0.1) is 0 Å². The van der Waals surface area contributed by atoms with Crippen LogP contribution in [0, 0.1) is 0 Å². The van der Waals surface area contributed by atoms with Crippen molar-refractivity contribution in [1.29, 1.82) is 0 Å². The molecule has 1 N–H and O–H groups in total. The molecule has 1 aliphatic carbocycles. The number of hydrogen-bond acceptors (Lipinski definition) is 3. The molecule has 4 nitrogen and oxygen atoms in total. The van der Waals surface area contributed by atoms with Gasteiger partial charge in [0.25, 0.3) is 0 Å². The number of rotatable bonds is 3. The molecule has 1 aromatic rings. The van der Waals surface area contributed by atoms with Crippen LogP contribution in [-0.4, -0.2) is 36.2 Å². The van der Waals surface area contributed by atoms with Crippen molar-refractivity contribution in [2.45, 2.75) is 44.1 Å². The number of likely N-dealkylation sites (tertiary alicyclic amines) is 1. The SMILES string of the molecule is COc1ccc2c(c1)C(C(=O)O)(N1CCCCCC1)CC2. The summed E-state index contributed by atoms with van der Waals surface area (Å²) in [5.41, 5.74) is 1.24. The van der Waals surface area contributed by atoms with E-state index in [0.29, 0.717) is 6.42 Å². The highest BCUT2D eigenvalue weighted by Gasteiger charge is 2.50. The zero-order valence-corrected chi connectivity index (χ0v) is 12.6. The maximum Gasteiger partial charge on any atom is 0.328 e. The molecule has 114 valence electrons. The Morgan fingerprint density at radius 3 is 2.57 bits per heavy atom. The standard InChI is InChI=1S/C17H23NO3/c1-21-14-7-6-13-8-9-17(16(19)20,15(13)12-14)18-10-4-2-3-5-11-18/h6-7,12H,2-5,8-11H2,1H3,(H,19,20). The van der Waals surface area contributed by atoms with Crippen LogP contribution in [0.2, 0.25) is 0 Å². The molecule has 3 rings (SSSR count). The van der Waals surface area contributed by atoms with Crippen molar-refractivity contribution in [2.24, 2.45) is 0 Å². The van der Waals surface area contributed by atoms with Gasteiger partial charge in [-0.05, 0) is 62.0 Å². The average molecular weight is 289 g/mol. The molecular weight excluding hydrogens is 266 g/mol. The largest absolute Gasteiger partial charge is 0.497 e. The first-order valence-electron chi connectivity index (χ1n) is 7.84. The van der Waals surface area contributed by atoms with Crippen molar-refractivity contribution in [1.82, 2.24) is 4.90 Å². The van der Waals surface area contributed by atoms with Gasteiger partial charge in [-0.1, -0.05) is 18.9 Å². The van der Waals surface area contributed by atoms with Crippen molar-refractivity contribution in [3.8, 4) is 5.75 Å². The summed E-state index contributed by atoms with van der Waals surface area (Å²) < 4.78 is 5.31. The van der Waals surface area contributed by atoms with Crippen LogP contribution in [0.1, 0.15) is 43.2 Å². The fourth-order valence-corrected chi connectivity index (χ4v) is 3.87. The van der Waals surface area contributed by atoms with Crippen LogP contribution < -0.4 is 4.74 Å². The van der Waals surface area contributed by atoms with E-state index in [1.807, 2.05) is 18.2 Å². The molecule has 0 amide bonds. The van der Waals surface area contributed by atoms with Crippen molar-refractivity contribution in [3.63, 3.8) is 0 Å². The van der Waals surface area contributed by atoms with Gasteiger partial charge in [0.2, 0.25) is 0 Å². The van der Waals surface area contributed by atoms with E-state index in [9.17, 15) is 9.90 Å². The highest BCUT2D eigenvalue weighted by atomic mass is 16.5. The van der Waals surface area contributed by atoms with E-state index in [4.69, 9.17) is 4.74 Å². The van der Waals surface area contributed by atoms with E-state index in [0.717, 1.165) is 49.2 Å². The minimum atomic E-state index is -0.853. The van der Waals surface area contributed by atoms with Gasteiger partial charge in [-0.2, -0.15) is 0 Å². The number of carboxylic acids is 1. The Balaban J connectivity index is 2.06. The third-order valence-corrected chi connectivity index (χ3v) is 5.02. The predicted octanol–water partition coefficient (Wildman–Crippen LogP) is 2.80. The number of hydrogen-bond donors (Lipinski definition) is 1. The summed E-state index contributed by atoms with van der Waals surface area (Å²) in [6.07, 6.45) is 6.10. The van der Waals surface area contributed by atoms with Crippen molar-refractivity contribution >= 4 is 5.97 Å². The molecule has 1 atom stereocenters. The fraction of sp³-hybridized carbons (Fsp3) is 0.588. The number of carbonyl (C=O) groups is 1. The van der Waals surface area contributed by atoms with Gasteiger partial charge in [0, 0.05) is 0 Å². The Morgan fingerprint density at radius 1 is 1.24 bits per heavy atom. The van der Waals surface area contributed by atoms with Gasteiger partial charge in [0.05, 0.1) is 7.11 Å².